The number of rotatable bonds is 4. The molecular formula is C12H13F2NOS3. The molecule has 2 rings (SSSR count). The average Bonchev–Trinajstić information content (AvgIpc) is 2.41. The highest BCUT2D eigenvalue weighted by molar-refractivity contribution is 8.07. The van der Waals surface area contributed by atoms with Crippen molar-refractivity contribution in [2.45, 2.75) is 15.9 Å². The third-order valence-electron chi connectivity index (χ3n) is 2.47. The topological polar surface area (TPSA) is 29.1 Å². The maximum absolute atomic E-state index is 12.4. The first-order valence-corrected chi connectivity index (χ1v) is 8.79. The van der Waals surface area contributed by atoms with E-state index in [-0.39, 0.29) is 11.2 Å². The van der Waals surface area contributed by atoms with Crippen molar-refractivity contribution in [3.8, 4) is 0 Å². The van der Waals surface area contributed by atoms with Gasteiger partial charge in [-0.2, -0.15) is 20.5 Å². The van der Waals surface area contributed by atoms with E-state index in [1.165, 1.54) is 0 Å². The SMILES string of the molecule is O=C(Nc1ccccc1SC(F)F)C1CSCCS1. The first kappa shape index (κ1) is 15.0. The molecule has 0 radical (unpaired) electrons. The zero-order chi connectivity index (χ0) is 13.7. The summed E-state index contributed by atoms with van der Waals surface area (Å²) >= 11 is 3.83. The van der Waals surface area contributed by atoms with Gasteiger partial charge in [0.25, 0.3) is 5.76 Å². The summed E-state index contributed by atoms with van der Waals surface area (Å²) in [6.45, 7) is 0. The van der Waals surface area contributed by atoms with Gasteiger partial charge in [0.1, 0.15) is 0 Å². The van der Waals surface area contributed by atoms with Gasteiger partial charge in [-0.1, -0.05) is 23.9 Å². The van der Waals surface area contributed by atoms with E-state index >= 15 is 0 Å². The second kappa shape index (κ2) is 7.40. The van der Waals surface area contributed by atoms with Crippen molar-refractivity contribution in [2.24, 2.45) is 0 Å². The monoisotopic (exact) mass is 321 g/mol. The number of anilines is 1. The van der Waals surface area contributed by atoms with Gasteiger partial charge in [0.15, 0.2) is 0 Å². The molecule has 0 aromatic heterocycles. The zero-order valence-electron chi connectivity index (χ0n) is 9.97. The van der Waals surface area contributed by atoms with E-state index in [2.05, 4.69) is 5.32 Å². The smallest absolute Gasteiger partial charge is 0.288 e. The van der Waals surface area contributed by atoms with Gasteiger partial charge in [0.05, 0.1) is 10.9 Å². The summed E-state index contributed by atoms with van der Waals surface area (Å²) in [4.78, 5) is 12.5. The summed E-state index contributed by atoms with van der Waals surface area (Å²) in [5.74, 6) is 0.209. The molecule has 1 atom stereocenters. The number of hydrogen-bond acceptors (Lipinski definition) is 4. The summed E-state index contributed by atoms with van der Waals surface area (Å²) in [7, 11) is 0. The van der Waals surface area contributed by atoms with E-state index in [1.807, 2.05) is 0 Å². The predicted molar refractivity (Wildman–Crippen MR) is 80.5 cm³/mol. The Balaban J connectivity index is 2.03. The molecule has 0 spiro atoms. The molecule has 1 unspecified atom stereocenters. The Bertz CT molecular complexity index is 439. The third kappa shape index (κ3) is 4.57. The van der Waals surface area contributed by atoms with Crippen LogP contribution in [0.15, 0.2) is 29.2 Å². The van der Waals surface area contributed by atoms with Crippen LogP contribution in [0.1, 0.15) is 0 Å². The van der Waals surface area contributed by atoms with E-state index in [0.717, 1.165) is 17.3 Å². The Hall–Kier alpha value is -0.400. The number of benzene rings is 1. The summed E-state index contributed by atoms with van der Waals surface area (Å²) in [6.07, 6.45) is 0. The van der Waals surface area contributed by atoms with Crippen LogP contribution in [0.5, 0.6) is 0 Å². The van der Waals surface area contributed by atoms with Crippen molar-refractivity contribution < 1.29 is 13.6 Å². The standard InChI is InChI=1S/C12H13F2NOS3/c13-12(14)19-9-4-2-1-3-8(9)15-11(16)10-7-17-5-6-18-10/h1-4,10,12H,5-7H2,(H,15,16). The molecule has 1 aromatic rings. The van der Waals surface area contributed by atoms with Crippen molar-refractivity contribution in [1.82, 2.24) is 0 Å². The van der Waals surface area contributed by atoms with Crippen LogP contribution in [0.25, 0.3) is 0 Å². The molecule has 1 aliphatic rings. The molecule has 0 aliphatic carbocycles. The van der Waals surface area contributed by atoms with Gasteiger partial charge in [0.2, 0.25) is 5.91 Å². The van der Waals surface area contributed by atoms with Crippen LogP contribution in [0.4, 0.5) is 14.5 Å². The second-order valence-electron chi connectivity index (χ2n) is 3.80. The van der Waals surface area contributed by atoms with Gasteiger partial charge in [-0.05, 0) is 12.1 Å². The van der Waals surface area contributed by atoms with Gasteiger partial charge >= 0.3 is 0 Å². The number of carbonyl (C=O) groups is 1. The Labute approximate surface area is 123 Å². The van der Waals surface area contributed by atoms with E-state index < -0.39 is 5.76 Å². The summed E-state index contributed by atoms with van der Waals surface area (Å²) in [5, 5.41) is 2.66. The Morgan fingerprint density at radius 3 is 2.84 bits per heavy atom. The minimum atomic E-state index is -2.49. The van der Waals surface area contributed by atoms with Crippen LogP contribution in [-0.2, 0) is 4.79 Å². The number of carbonyl (C=O) groups excluding carboxylic acids is 1. The van der Waals surface area contributed by atoms with Crippen LogP contribution in [-0.4, -0.2) is 34.2 Å². The minimum Gasteiger partial charge on any atom is -0.324 e. The highest BCUT2D eigenvalue weighted by Gasteiger charge is 2.23. The molecule has 0 saturated carbocycles. The van der Waals surface area contributed by atoms with Crippen molar-refractivity contribution in [3.05, 3.63) is 24.3 Å². The zero-order valence-corrected chi connectivity index (χ0v) is 12.4. The second-order valence-corrected chi connectivity index (χ2v) is 7.29. The quantitative estimate of drug-likeness (QED) is 0.854. The van der Waals surface area contributed by atoms with E-state index in [1.54, 1.807) is 47.8 Å². The summed E-state index contributed by atoms with van der Waals surface area (Å²) in [5.41, 5.74) is 0.467. The largest absolute Gasteiger partial charge is 0.324 e. The van der Waals surface area contributed by atoms with Crippen LogP contribution >= 0.6 is 35.3 Å². The van der Waals surface area contributed by atoms with E-state index in [4.69, 9.17) is 0 Å². The fourth-order valence-corrected chi connectivity index (χ4v) is 4.77. The van der Waals surface area contributed by atoms with Crippen molar-refractivity contribution in [3.63, 3.8) is 0 Å². The highest BCUT2D eigenvalue weighted by Crippen LogP contribution is 2.32. The molecule has 1 amide bonds. The fraction of sp³-hybridized carbons (Fsp3) is 0.417. The number of hydrogen-bond donors (Lipinski definition) is 1. The Morgan fingerprint density at radius 2 is 2.16 bits per heavy atom. The maximum Gasteiger partial charge on any atom is 0.288 e. The molecule has 2 nitrogen and oxygen atoms in total. The van der Waals surface area contributed by atoms with Gasteiger partial charge in [-0.25, -0.2) is 0 Å². The maximum atomic E-state index is 12.4. The minimum absolute atomic E-state index is 0.0941. The molecule has 1 aliphatic heterocycles. The van der Waals surface area contributed by atoms with Crippen molar-refractivity contribution in [2.75, 3.05) is 22.6 Å². The molecule has 1 heterocycles. The van der Waals surface area contributed by atoms with Gasteiger partial charge in [-0.3, -0.25) is 4.79 Å². The van der Waals surface area contributed by atoms with Gasteiger partial charge < -0.3 is 5.32 Å². The van der Waals surface area contributed by atoms with Gasteiger partial charge in [-0.15, -0.1) is 11.8 Å². The lowest BCUT2D eigenvalue weighted by atomic mass is 10.3. The van der Waals surface area contributed by atoms with Crippen LogP contribution in [0, 0.1) is 0 Å². The molecular weight excluding hydrogens is 308 g/mol. The molecule has 1 fully saturated rings. The van der Waals surface area contributed by atoms with E-state index in [0.29, 0.717) is 22.3 Å². The lowest BCUT2D eigenvalue weighted by molar-refractivity contribution is -0.115. The molecule has 1 saturated heterocycles. The number of halogens is 2. The average molecular weight is 321 g/mol. The summed E-state index contributed by atoms with van der Waals surface area (Å²) in [6, 6.07) is 6.66. The molecule has 1 N–H and O–H groups in total. The Morgan fingerprint density at radius 1 is 1.37 bits per heavy atom. The van der Waals surface area contributed by atoms with Crippen LogP contribution < -0.4 is 5.32 Å². The van der Waals surface area contributed by atoms with Crippen molar-refractivity contribution in [1.29, 1.82) is 0 Å². The number of thioether (sulfide) groups is 3. The number of para-hydroxylation sites is 1. The summed E-state index contributed by atoms with van der Waals surface area (Å²) < 4.78 is 24.9. The number of nitrogens with one attached hydrogen (secondary N) is 1. The van der Waals surface area contributed by atoms with E-state index in [9.17, 15) is 13.6 Å². The first-order chi connectivity index (χ1) is 9.16. The number of amides is 1. The fourth-order valence-electron chi connectivity index (χ4n) is 1.62. The van der Waals surface area contributed by atoms with Crippen LogP contribution in [0.3, 0.4) is 0 Å². The molecule has 19 heavy (non-hydrogen) atoms. The van der Waals surface area contributed by atoms with Crippen LogP contribution in [0.2, 0.25) is 0 Å². The van der Waals surface area contributed by atoms with Gasteiger partial charge in [0, 0.05) is 22.2 Å². The predicted octanol–water partition coefficient (Wildman–Crippen LogP) is 3.79. The number of alkyl halides is 2. The third-order valence-corrected chi connectivity index (χ3v) is 6.01. The molecule has 1 aromatic carbocycles. The Kier molecular flexibility index (Phi) is 5.84. The lowest BCUT2D eigenvalue weighted by Gasteiger charge is -2.20. The molecule has 7 heteroatoms. The lowest BCUT2D eigenvalue weighted by Crippen LogP contribution is -2.30. The van der Waals surface area contributed by atoms with Crippen molar-refractivity contribution >= 4 is 46.9 Å². The normalized spacial score (nSPS) is 19.4. The highest BCUT2D eigenvalue weighted by atomic mass is 32.2. The molecule has 104 valence electrons. The first-order valence-electron chi connectivity index (χ1n) is 5.71. The molecule has 0 bridgehead atoms.